The zero-order valence-electron chi connectivity index (χ0n) is 15.6. The molecule has 2 aliphatic rings. The van der Waals surface area contributed by atoms with Gasteiger partial charge in [0, 0.05) is 36.1 Å². The van der Waals surface area contributed by atoms with Crippen molar-refractivity contribution in [3.63, 3.8) is 0 Å². The highest BCUT2D eigenvalue weighted by Crippen LogP contribution is 2.41. The standard InChI is InChI=1S/C20H24FN3O3/c1-3-22-9-12-4-5-23(10-12)19-14-6-11(2)24-16(20(26)27)8-17(25)13(18(14)24)7-15(19)21/h7-8,11-12,22H,3-6,9-10H2,1-2H3,(H,26,27)/t11-,12?/m0/s1. The molecule has 0 spiro atoms. The number of benzene rings is 1. The predicted octanol–water partition coefficient (Wildman–Crippen LogP) is 2.39. The molecule has 2 aromatic rings. The van der Waals surface area contributed by atoms with E-state index in [9.17, 15) is 14.7 Å². The summed E-state index contributed by atoms with van der Waals surface area (Å²) >= 11 is 0. The van der Waals surface area contributed by atoms with Gasteiger partial charge in [-0.2, -0.15) is 0 Å². The van der Waals surface area contributed by atoms with E-state index in [1.54, 1.807) is 4.57 Å². The molecule has 7 heteroatoms. The van der Waals surface area contributed by atoms with Gasteiger partial charge in [-0.1, -0.05) is 6.92 Å². The third-order valence-corrected chi connectivity index (χ3v) is 5.80. The molecule has 1 aromatic heterocycles. The number of hydrogen-bond donors (Lipinski definition) is 2. The molecule has 2 N–H and O–H groups in total. The van der Waals surface area contributed by atoms with E-state index >= 15 is 4.39 Å². The molecule has 1 unspecified atom stereocenters. The van der Waals surface area contributed by atoms with E-state index in [0.29, 0.717) is 23.5 Å². The van der Waals surface area contributed by atoms with E-state index in [2.05, 4.69) is 17.1 Å². The first-order valence-electron chi connectivity index (χ1n) is 9.52. The molecule has 1 fully saturated rings. The van der Waals surface area contributed by atoms with Crippen LogP contribution in [-0.2, 0) is 6.42 Å². The quantitative estimate of drug-likeness (QED) is 0.842. The predicted molar refractivity (Wildman–Crippen MR) is 102 cm³/mol. The number of carboxylic acids is 1. The van der Waals surface area contributed by atoms with Gasteiger partial charge in [0.05, 0.1) is 11.2 Å². The second-order valence-corrected chi connectivity index (χ2v) is 7.61. The summed E-state index contributed by atoms with van der Waals surface area (Å²) in [7, 11) is 0. The molecule has 0 aliphatic carbocycles. The molecule has 2 aliphatic heterocycles. The number of nitrogens with one attached hydrogen (secondary N) is 1. The lowest BCUT2D eigenvalue weighted by molar-refractivity contribution is 0.0683. The number of anilines is 1. The van der Waals surface area contributed by atoms with E-state index in [1.807, 2.05) is 6.92 Å². The zero-order valence-corrected chi connectivity index (χ0v) is 15.6. The smallest absolute Gasteiger partial charge is 0.352 e. The van der Waals surface area contributed by atoms with E-state index < -0.39 is 11.4 Å². The maximum Gasteiger partial charge on any atom is 0.352 e. The molecule has 144 valence electrons. The Labute approximate surface area is 156 Å². The van der Waals surface area contributed by atoms with E-state index in [0.717, 1.165) is 44.2 Å². The molecule has 0 amide bonds. The van der Waals surface area contributed by atoms with Crippen LogP contribution in [0.4, 0.5) is 10.1 Å². The summed E-state index contributed by atoms with van der Waals surface area (Å²) < 4.78 is 16.7. The molecular formula is C20H24FN3O3. The lowest BCUT2D eigenvalue weighted by Gasteiger charge is -2.23. The molecule has 1 saturated heterocycles. The maximum atomic E-state index is 15.1. The van der Waals surface area contributed by atoms with Gasteiger partial charge in [0.1, 0.15) is 11.5 Å². The Morgan fingerprint density at radius 3 is 2.89 bits per heavy atom. The lowest BCUT2D eigenvalue weighted by Crippen LogP contribution is -2.27. The van der Waals surface area contributed by atoms with E-state index in [-0.39, 0.29) is 22.9 Å². The van der Waals surface area contributed by atoms with Gasteiger partial charge in [-0.05, 0) is 44.8 Å². The number of nitrogens with zero attached hydrogens (tertiary/aromatic N) is 2. The monoisotopic (exact) mass is 373 g/mol. The van der Waals surface area contributed by atoms with Gasteiger partial charge in [0.2, 0.25) is 0 Å². The van der Waals surface area contributed by atoms with Crippen molar-refractivity contribution in [2.45, 2.75) is 32.7 Å². The summed E-state index contributed by atoms with van der Waals surface area (Å²) in [6.07, 6.45) is 1.52. The molecule has 27 heavy (non-hydrogen) atoms. The van der Waals surface area contributed by atoms with Crippen LogP contribution >= 0.6 is 0 Å². The van der Waals surface area contributed by atoms with Gasteiger partial charge >= 0.3 is 5.97 Å². The summed E-state index contributed by atoms with van der Waals surface area (Å²) in [5.41, 5.74) is 1.43. The minimum absolute atomic E-state index is 0.0252. The normalized spacial score (nSPS) is 21.4. The van der Waals surface area contributed by atoms with Gasteiger partial charge < -0.3 is 19.9 Å². The number of halogens is 1. The van der Waals surface area contributed by atoms with Crippen LogP contribution < -0.4 is 15.6 Å². The van der Waals surface area contributed by atoms with Gasteiger partial charge in [-0.15, -0.1) is 0 Å². The van der Waals surface area contributed by atoms with Crippen molar-refractivity contribution >= 4 is 22.6 Å². The van der Waals surface area contributed by atoms with E-state index in [4.69, 9.17) is 0 Å². The van der Waals surface area contributed by atoms with Crippen molar-refractivity contribution in [3.8, 4) is 0 Å². The summed E-state index contributed by atoms with van der Waals surface area (Å²) in [6, 6.07) is 2.27. The highest BCUT2D eigenvalue weighted by molar-refractivity contribution is 5.95. The summed E-state index contributed by atoms with van der Waals surface area (Å²) in [4.78, 5) is 26.1. The fourth-order valence-electron chi connectivity index (χ4n) is 4.63. The first-order valence-corrected chi connectivity index (χ1v) is 9.52. The van der Waals surface area contributed by atoms with Crippen LogP contribution in [0.2, 0.25) is 0 Å². The first kappa shape index (κ1) is 18.0. The molecule has 1 aromatic carbocycles. The summed E-state index contributed by atoms with van der Waals surface area (Å²) in [5.74, 6) is -1.06. The summed E-state index contributed by atoms with van der Waals surface area (Å²) in [6.45, 7) is 7.32. The fraction of sp³-hybridized carbons (Fsp3) is 0.500. The third-order valence-electron chi connectivity index (χ3n) is 5.80. The second kappa shape index (κ2) is 6.64. The minimum Gasteiger partial charge on any atom is -0.477 e. The van der Waals surface area contributed by atoms with Crippen molar-refractivity contribution in [1.29, 1.82) is 0 Å². The number of rotatable bonds is 5. The molecule has 4 rings (SSSR count). The molecular weight excluding hydrogens is 349 g/mol. The highest BCUT2D eigenvalue weighted by atomic mass is 19.1. The van der Waals surface area contributed by atoms with Crippen LogP contribution in [0.1, 0.15) is 42.4 Å². The van der Waals surface area contributed by atoms with Crippen LogP contribution in [0.5, 0.6) is 0 Å². The van der Waals surface area contributed by atoms with Gasteiger partial charge in [-0.3, -0.25) is 4.79 Å². The number of aromatic carboxylic acids is 1. The van der Waals surface area contributed by atoms with Gasteiger partial charge in [0.25, 0.3) is 0 Å². The minimum atomic E-state index is -1.13. The Morgan fingerprint density at radius 2 is 2.19 bits per heavy atom. The Morgan fingerprint density at radius 1 is 1.41 bits per heavy atom. The number of carbonyl (C=O) groups is 1. The van der Waals surface area contributed by atoms with Crippen LogP contribution in [-0.4, -0.2) is 41.8 Å². The second-order valence-electron chi connectivity index (χ2n) is 7.61. The molecule has 3 heterocycles. The van der Waals surface area contributed by atoms with Crippen molar-refractivity contribution < 1.29 is 14.3 Å². The SMILES string of the molecule is CCNCC1CCN(c2c(F)cc3c(=O)cc(C(=O)O)n4c3c2C[C@@H]4C)C1. The van der Waals surface area contributed by atoms with Crippen molar-refractivity contribution in [3.05, 3.63) is 39.4 Å². The number of hydrogen-bond acceptors (Lipinski definition) is 4. The van der Waals surface area contributed by atoms with Crippen molar-refractivity contribution in [2.75, 3.05) is 31.1 Å². The zero-order chi connectivity index (χ0) is 19.3. The Hall–Kier alpha value is -2.41. The summed E-state index contributed by atoms with van der Waals surface area (Å²) in [5, 5.41) is 13.1. The molecule has 0 bridgehead atoms. The molecule has 0 radical (unpaired) electrons. The van der Waals surface area contributed by atoms with E-state index in [1.165, 1.54) is 6.07 Å². The number of pyridine rings is 1. The average molecular weight is 373 g/mol. The maximum absolute atomic E-state index is 15.1. The molecule has 2 atom stereocenters. The fourth-order valence-corrected chi connectivity index (χ4v) is 4.63. The van der Waals surface area contributed by atoms with Crippen LogP contribution in [0.25, 0.3) is 10.9 Å². The van der Waals surface area contributed by atoms with Crippen LogP contribution in [0.15, 0.2) is 16.9 Å². The average Bonchev–Trinajstić information content (AvgIpc) is 3.21. The van der Waals surface area contributed by atoms with Crippen LogP contribution in [0.3, 0.4) is 0 Å². The third kappa shape index (κ3) is 2.81. The molecule has 6 nitrogen and oxygen atoms in total. The Balaban J connectivity index is 1.86. The van der Waals surface area contributed by atoms with Crippen molar-refractivity contribution in [1.82, 2.24) is 9.88 Å². The van der Waals surface area contributed by atoms with Crippen LogP contribution in [0, 0.1) is 11.7 Å². The highest BCUT2D eigenvalue weighted by Gasteiger charge is 2.33. The van der Waals surface area contributed by atoms with Gasteiger partial charge in [0.15, 0.2) is 5.43 Å². The topological polar surface area (TPSA) is 74.6 Å². The van der Waals surface area contributed by atoms with Crippen molar-refractivity contribution in [2.24, 2.45) is 5.92 Å². The Kier molecular flexibility index (Phi) is 4.42. The largest absolute Gasteiger partial charge is 0.477 e. The number of carboxylic acid groups (broad SMARTS) is 1. The number of aromatic nitrogens is 1. The van der Waals surface area contributed by atoms with Gasteiger partial charge in [-0.25, -0.2) is 9.18 Å². The molecule has 0 saturated carbocycles. The first-order chi connectivity index (χ1) is 12.9. The Bertz CT molecular complexity index is 985. The lowest BCUT2D eigenvalue weighted by atomic mass is 10.0.